The number of hydrogen-bond acceptors (Lipinski definition) is 2. The van der Waals surface area contributed by atoms with Gasteiger partial charge in [0.15, 0.2) is 5.96 Å². The molecule has 13 heavy (non-hydrogen) atoms. The van der Waals surface area contributed by atoms with E-state index in [2.05, 4.69) is 17.2 Å². The summed E-state index contributed by atoms with van der Waals surface area (Å²) in [5.74, 6) is 0.593. The van der Waals surface area contributed by atoms with Crippen LogP contribution < -0.4 is 11.1 Å². The Bertz CT molecular complexity index is 219. The number of rotatable bonds is 3. The van der Waals surface area contributed by atoms with Gasteiger partial charge in [-0.2, -0.15) is 0 Å². The number of nitrogens with one attached hydrogen (secondary N) is 1. The van der Waals surface area contributed by atoms with Crippen molar-refractivity contribution in [1.82, 2.24) is 5.32 Å². The maximum atomic E-state index is 5.70. The van der Waals surface area contributed by atoms with E-state index in [1.807, 2.05) is 0 Å². The first-order chi connectivity index (χ1) is 6.18. The van der Waals surface area contributed by atoms with E-state index in [1.54, 1.807) is 0 Å². The largest absolute Gasteiger partial charge is 0.380 e. The van der Waals surface area contributed by atoms with Crippen LogP contribution in [0.5, 0.6) is 0 Å². The zero-order chi connectivity index (χ0) is 9.31. The number of hydrogen-bond donors (Lipinski definition) is 2. The predicted molar refractivity (Wildman–Crippen MR) is 51.6 cm³/mol. The third-order valence-electron chi connectivity index (χ3n) is 2.46. The molecule has 74 valence electrons. The van der Waals surface area contributed by atoms with Gasteiger partial charge in [0.25, 0.3) is 0 Å². The third-order valence-corrected chi connectivity index (χ3v) is 2.46. The van der Waals surface area contributed by atoms with Gasteiger partial charge in [-0.15, -0.1) is 0 Å². The summed E-state index contributed by atoms with van der Waals surface area (Å²) in [6, 6.07) is 0.592. The van der Waals surface area contributed by atoms with Gasteiger partial charge in [-0.25, -0.2) is 0 Å². The molecule has 0 aromatic carbocycles. The zero-order valence-corrected chi connectivity index (χ0v) is 8.05. The molecule has 1 aliphatic carbocycles. The maximum absolute atomic E-state index is 5.70. The lowest BCUT2D eigenvalue weighted by atomic mass is 9.89. The Kier molecular flexibility index (Phi) is 2.15. The van der Waals surface area contributed by atoms with Crippen LogP contribution in [0.3, 0.4) is 0 Å². The van der Waals surface area contributed by atoms with Gasteiger partial charge in [-0.3, -0.25) is 4.99 Å². The van der Waals surface area contributed by atoms with Crippen molar-refractivity contribution in [3.63, 3.8) is 0 Å². The van der Waals surface area contributed by atoms with E-state index >= 15 is 0 Å². The van der Waals surface area contributed by atoms with Crippen molar-refractivity contribution in [2.75, 3.05) is 19.8 Å². The lowest BCUT2D eigenvalue weighted by Gasteiger charge is -2.36. The Labute approximate surface area is 78.5 Å². The minimum Gasteiger partial charge on any atom is -0.380 e. The molecule has 2 aliphatic rings. The highest BCUT2D eigenvalue weighted by Crippen LogP contribution is 2.26. The molecule has 2 fully saturated rings. The van der Waals surface area contributed by atoms with Crippen LogP contribution in [0, 0.1) is 5.41 Å². The quantitative estimate of drug-likeness (QED) is 0.481. The molecule has 0 bridgehead atoms. The van der Waals surface area contributed by atoms with E-state index in [0.717, 1.165) is 19.8 Å². The van der Waals surface area contributed by atoms with E-state index in [4.69, 9.17) is 10.5 Å². The van der Waals surface area contributed by atoms with Crippen LogP contribution in [0.4, 0.5) is 0 Å². The van der Waals surface area contributed by atoms with Crippen LogP contribution in [-0.2, 0) is 4.74 Å². The average Bonchev–Trinajstić information content (AvgIpc) is 2.81. The van der Waals surface area contributed by atoms with Gasteiger partial charge in [-0.05, 0) is 12.8 Å². The van der Waals surface area contributed by atoms with Crippen molar-refractivity contribution in [1.29, 1.82) is 0 Å². The van der Waals surface area contributed by atoms with Gasteiger partial charge in [0.1, 0.15) is 0 Å². The van der Waals surface area contributed by atoms with Gasteiger partial charge < -0.3 is 15.8 Å². The summed E-state index contributed by atoms with van der Waals surface area (Å²) >= 11 is 0. The summed E-state index contributed by atoms with van der Waals surface area (Å²) in [4.78, 5) is 4.30. The zero-order valence-electron chi connectivity index (χ0n) is 8.05. The number of ether oxygens (including phenoxy) is 1. The molecule has 1 saturated carbocycles. The third kappa shape index (κ3) is 2.34. The Morgan fingerprint density at radius 1 is 1.62 bits per heavy atom. The minimum atomic E-state index is 0.232. The Balaban J connectivity index is 1.74. The van der Waals surface area contributed by atoms with Gasteiger partial charge >= 0.3 is 0 Å². The van der Waals surface area contributed by atoms with Gasteiger partial charge in [0.2, 0.25) is 0 Å². The van der Waals surface area contributed by atoms with Crippen molar-refractivity contribution in [2.45, 2.75) is 25.8 Å². The molecule has 1 aliphatic heterocycles. The van der Waals surface area contributed by atoms with Crippen molar-refractivity contribution >= 4 is 5.96 Å². The van der Waals surface area contributed by atoms with Gasteiger partial charge in [-0.1, -0.05) is 6.92 Å². The first-order valence-corrected chi connectivity index (χ1v) is 4.82. The van der Waals surface area contributed by atoms with Crippen molar-refractivity contribution in [2.24, 2.45) is 16.1 Å². The van der Waals surface area contributed by atoms with Crippen molar-refractivity contribution in [3.05, 3.63) is 0 Å². The normalized spacial score (nSPS) is 26.7. The predicted octanol–water partition coefficient (Wildman–Crippen LogP) is 0.0896. The fourth-order valence-corrected chi connectivity index (χ4v) is 1.30. The monoisotopic (exact) mass is 183 g/mol. The van der Waals surface area contributed by atoms with E-state index in [9.17, 15) is 0 Å². The molecule has 0 aromatic rings. The number of aliphatic imine (C=N–C) groups is 1. The molecule has 4 heteroatoms. The summed E-state index contributed by atoms with van der Waals surface area (Å²) < 4.78 is 5.13. The fraction of sp³-hybridized carbons (Fsp3) is 0.889. The highest BCUT2D eigenvalue weighted by molar-refractivity contribution is 5.78. The molecule has 0 atom stereocenters. The molecule has 0 amide bonds. The second-order valence-corrected chi connectivity index (χ2v) is 4.42. The summed E-state index contributed by atoms with van der Waals surface area (Å²) in [6.07, 6.45) is 2.47. The molecule has 1 heterocycles. The summed E-state index contributed by atoms with van der Waals surface area (Å²) in [5, 5.41) is 3.16. The minimum absolute atomic E-state index is 0.232. The van der Waals surface area contributed by atoms with Crippen LogP contribution in [0.2, 0.25) is 0 Å². The Hall–Kier alpha value is -0.770. The molecule has 2 rings (SSSR count). The second kappa shape index (κ2) is 3.18. The Morgan fingerprint density at radius 2 is 2.31 bits per heavy atom. The van der Waals surface area contributed by atoms with E-state index in [0.29, 0.717) is 12.0 Å². The number of guanidine groups is 1. The highest BCUT2D eigenvalue weighted by Gasteiger charge is 2.33. The van der Waals surface area contributed by atoms with Crippen molar-refractivity contribution in [3.8, 4) is 0 Å². The molecule has 1 saturated heterocycles. The van der Waals surface area contributed by atoms with Crippen LogP contribution in [0.1, 0.15) is 19.8 Å². The molecule has 4 nitrogen and oxygen atoms in total. The molecular formula is C9H17N3O. The lowest BCUT2D eigenvalue weighted by Crippen LogP contribution is -2.43. The highest BCUT2D eigenvalue weighted by atomic mass is 16.5. The number of nitrogens with zero attached hydrogens (tertiary/aromatic N) is 1. The molecular weight excluding hydrogens is 166 g/mol. The molecule has 0 unspecified atom stereocenters. The van der Waals surface area contributed by atoms with E-state index < -0.39 is 0 Å². The van der Waals surface area contributed by atoms with Crippen molar-refractivity contribution < 1.29 is 4.74 Å². The average molecular weight is 183 g/mol. The molecule has 0 spiro atoms. The molecule has 0 radical (unpaired) electrons. The van der Waals surface area contributed by atoms with E-state index in [1.165, 1.54) is 12.8 Å². The van der Waals surface area contributed by atoms with Crippen LogP contribution in [0.15, 0.2) is 4.99 Å². The lowest BCUT2D eigenvalue weighted by molar-refractivity contribution is -0.0945. The Morgan fingerprint density at radius 3 is 2.77 bits per heavy atom. The fourth-order valence-electron chi connectivity index (χ4n) is 1.30. The molecule has 0 aromatic heterocycles. The standard InChI is InChI=1S/C9H17N3O/c1-9(5-13-6-9)4-11-8(10)12-7-2-3-7/h7H,2-6H2,1H3,(H3,10,11,12). The van der Waals surface area contributed by atoms with Crippen LogP contribution in [-0.4, -0.2) is 31.8 Å². The molecule has 3 N–H and O–H groups in total. The van der Waals surface area contributed by atoms with Gasteiger partial charge in [0.05, 0.1) is 19.8 Å². The maximum Gasteiger partial charge on any atom is 0.188 e. The smallest absolute Gasteiger partial charge is 0.188 e. The van der Waals surface area contributed by atoms with E-state index in [-0.39, 0.29) is 5.41 Å². The number of nitrogens with two attached hydrogens (primary N) is 1. The SMILES string of the molecule is CC1(CN=C(N)NC2CC2)COC1. The summed E-state index contributed by atoms with van der Waals surface area (Å²) in [6.45, 7) is 4.57. The first-order valence-electron chi connectivity index (χ1n) is 4.82. The summed E-state index contributed by atoms with van der Waals surface area (Å²) in [7, 11) is 0. The van der Waals surface area contributed by atoms with Crippen LogP contribution >= 0.6 is 0 Å². The summed E-state index contributed by atoms with van der Waals surface area (Å²) in [5.41, 5.74) is 5.93. The second-order valence-electron chi connectivity index (χ2n) is 4.42. The topological polar surface area (TPSA) is 59.6 Å². The van der Waals surface area contributed by atoms with Crippen LogP contribution in [0.25, 0.3) is 0 Å². The first kappa shape index (κ1) is 8.81. The van der Waals surface area contributed by atoms with Gasteiger partial charge in [0, 0.05) is 11.5 Å².